The second-order valence-corrected chi connectivity index (χ2v) is 7.61. The summed E-state index contributed by atoms with van der Waals surface area (Å²) in [5.74, 6) is 1.42. The molecule has 0 fully saturated rings. The van der Waals surface area contributed by atoms with Crippen molar-refractivity contribution in [1.82, 2.24) is 24.4 Å². The topological polar surface area (TPSA) is 69.1 Å². The Labute approximate surface area is 181 Å². The predicted molar refractivity (Wildman–Crippen MR) is 119 cm³/mol. The number of hydrogen-bond acceptors (Lipinski definition) is 4. The summed E-state index contributed by atoms with van der Waals surface area (Å²) in [6.07, 6.45) is 7.17. The van der Waals surface area contributed by atoms with Crippen LogP contribution in [0.1, 0.15) is 28.3 Å². The minimum Gasteiger partial charge on any atom is -0.360 e. The van der Waals surface area contributed by atoms with Crippen LogP contribution in [0.2, 0.25) is 0 Å². The molecule has 0 radical (unpaired) electrons. The second-order valence-electron chi connectivity index (χ2n) is 7.61. The Morgan fingerprint density at radius 3 is 2.65 bits per heavy atom. The summed E-state index contributed by atoms with van der Waals surface area (Å²) in [5, 5.41) is 8.49. The summed E-state index contributed by atoms with van der Waals surface area (Å²) in [6.45, 7) is 6.35. The van der Waals surface area contributed by atoms with Gasteiger partial charge in [-0.1, -0.05) is 23.4 Å². The number of aryl methyl sites for hydroxylation is 2. The zero-order valence-corrected chi connectivity index (χ0v) is 18.1. The van der Waals surface area contributed by atoms with Gasteiger partial charge in [0.2, 0.25) is 5.91 Å². The minimum atomic E-state index is -0.0745. The van der Waals surface area contributed by atoms with E-state index in [0.717, 1.165) is 39.8 Å². The Balaban J connectivity index is 1.44. The number of carbonyl (C=O) groups is 1. The van der Waals surface area contributed by atoms with Crippen LogP contribution in [0.25, 0.3) is 17.6 Å². The van der Waals surface area contributed by atoms with Gasteiger partial charge < -0.3 is 9.42 Å². The van der Waals surface area contributed by atoms with Gasteiger partial charge in [-0.15, -0.1) is 0 Å². The summed E-state index contributed by atoms with van der Waals surface area (Å²) >= 11 is 0. The van der Waals surface area contributed by atoms with Crippen molar-refractivity contribution in [2.45, 2.75) is 27.3 Å². The zero-order chi connectivity index (χ0) is 22.0. The molecule has 158 valence electrons. The Bertz CT molecular complexity index is 1230. The molecule has 0 aliphatic carbocycles. The molecule has 0 aliphatic heterocycles. The summed E-state index contributed by atoms with van der Waals surface area (Å²) in [6, 6.07) is 13.8. The van der Waals surface area contributed by atoms with Crippen molar-refractivity contribution in [3.05, 3.63) is 89.2 Å². The molecule has 1 amide bonds. The molecule has 1 aromatic carbocycles. The molecular formula is C24H25N5O2. The van der Waals surface area contributed by atoms with Gasteiger partial charge in [0.05, 0.1) is 11.9 Å². The van der Waals surface area contributed by atoms with E-state index in [1.165, 1.54) is 0 Å². The average Bonchev–Trinajstić information content (AvgIpc) is 3.46. The van der Waals surface area contributed by atoms with Crippen molar-refractivity contribution >= 4 is 12.0 Å². The highest BCUT2D eigenvalue weighted by Crippen LogP contribution is 2.22. The number of carbonyl (C=O) groups excluding carboxylic acids is 1. The first-order valence-corrected chi connectivity index (χ1v) is 10.1. The monoisotopic (exact) mass is 415 g/mol. The zero-order valence-electron chi connectivity index (χ0n) is 18.1. The Morgan fingerprint density at radius 1 is 1.16 bits per heavy atom. The van der Waals surface area contributed by atoms with Crippen LogP contribution in [-0.4, -0.2) is 37.4 Å². The second kappa shape index (κ2) is 8.47. The van der Waals surface area contributed by atoms with Crippen LogP contribution in [0, 0.1) is 20.8 Å². The molecule has 0 saturated carbocycles. The quantitative estimate of drug-likeness (QED) is 0.442. The van der Waals surface area contributed by atoms with E-state index in [9.17, 15) is 4.79 Å². The van der Waals surface area contributed by atoms with Crippen LogP contribution in [0.3, 0.4) is 0 Å². The van der Waals surface area contributed by atoms with Crippen molar-refractivity contribution in [3.8, 4) is 11.5 Å². The maximum absolute atomic E-state index is 12.7. The van der Waals surface area contributed by atoms with Crippen molar-refractivity contribution in [3.63, 3.8) is 0 Å². The molecular weight excluding hydrogens is 390 g/mol. The van der Waals surface area contributed by atoms with Gasteiger partial charge in [0.25, 0.3) is 0 Å². The fourth-order valence-electron chi connectivity index (χ4n) is 3.57. The highest BCUT2D eigenvalue weighted by Gasteiger charge is 2.13. The number of nitrogens with zero attached hydrogens (tertiary/aromatic N) is 5. The van der Waals surface area contributed by atoms with Gasteiger partial charge in [-0.25, -0.2) is 4.68 Å². The van der Waals surface area contributed by atoms with Gasteiger partial charge in [0.15, 0.2) is 5.82 Å². The normalized spacial score (nSPS) is 11.4. The summed E-state index contributed by atoms with van der Waals surface area (Å²) in [7, 11) is 1.79. The van der Waals surface area contributed by atoms with E-state index in [0.29, 0.717) is 6.54 Å². The molecule has 0 spiro atoms. The lowest BCUT2D eigenvalue weighted by Gasteiger charge is -2.13. The lowest BCUT2D eigenvalue weighted by molar-refractivity contribution is -0.125. The van der Waals surface area contributed by atoms with Gasteiger partial charge >= 0.3 is 0 Å². The van der Waals surface area contributed by atoms with E-state index in [1.54, 1.807) is 24.2 Å². The Kier molecular flexibility index (Phi) is 5.58. The van der Waals surface area contributed by atoms with Crippen molar-refractivity contribution in [2.24, 2.45) is 0 Å². The number of para-hydroxylation sites is 1. The minimum absolute atomic E-state index is 0.0745. The lowest BCUT2D eigenvalue weighted by Crippen LogP contribution is -2.23. The van der Waals surface area contributed by atoms with Gasteiger partial charge in [-0.3, -0.25) is 9.36 Å². The molecule has 0 saturated heterocycles. The first-order chi connectivity index (χ1) is 14.9. The molecule has 31 heavy (non-hydrogen) atoms. The standard InChI is InChI=1S/C24H25N5O2/c1-17-12-21(19(3)29(17)23-13-18(2)31-26-23)10-11-24(30)27(4)15-20-14-25-28(16-20)22-8-6-5-7-9-22/h5-14,16H,15H2,1-4H3/b11-10+. The van der Waals surface area contributed by atoms with Crippen LogP contribution in [0.4, 0.5) is 0 Å². The van der Waals surface area contributed by atoms with E-state index in [4.69, 9.17) is 4.52 Å². The Morgan fingerprint density at radius 2 is 1.94 bits per heavy atom. The smallest absolute Gasteiger partial charge is 0.246 e. The van der Waals surface area contributed by atoms with Crippen molar-refractivity contribution in [2.75, 3.05) is 7.05 Å². The first-order valence-electron chi connectivity index (χ1n) is 10.1. The van der Waals surface area contributed by atoms with E-state index < -0.39 is 0 Å². The molecule has 0 N–H and O–H groups in total. The predicted octanol–water partition coefficient (Wildman–Crippen LogP) is 4.25. The molecule has 4 rings (SSSR count). The SMILES string of the molecule is Cc1cc(-n2c(C)cc(/C=C/C(=O)N(C)Cc3cnn(-c4ccccc4)c3)c2C)no1. The highest BCUT2D eigenvalue weighted by atomic mass is 16.5. The van der Waals surface area contributed by atoms with Crippen molar-refractivity contribution < 1.29 is 9.32 Å². The molecule has 0 bridgehead atoms. The molecule has 3 aromatic heterocycles. The van der Waals surface area contributed by atoms with Crippen LogP contribution < -0.4 is 0 Å². The molecule has 7 heteroatoms. The number of hydrogen-bond donors (Lipinski definition) is 0. The molecule has 0 atom stereocenters. The molecule has 3 heterocycles. The Hall–Kier alpha value is -3.87. The van der Waals surface area contributed by atoms with Crippen LogP contribution in [0.15, 0.2) is 65.5 Å². The van der Waals surface area contributed by atoms with Crippen molar-refractivity contribution in [1.29, 1.82) is 0 Å². The van der Waals surface area contributed by atoms with E-state index in [2.05, 4.69) is 10.3 Å². The van der Waals surface area contributed by atoms with Crippen LogP contribution in [0.5, 0.6) is 0 Å². The lowest BCUT2D eigenvalue weighted by atomic mass is 10.2. The third-order valence-electron chi connectivity index (χ3n) is 5.17. The summed E-state index contributed by atoms with van der Waals surface area (Å²) in [5.41, 5.74) is 4.95. The number of aromatic nitrogens is 4. The van der Waals surface area contributed by atoms with Crippen LogP contribution in [-0.2, 0) is 11.3 Å². The maximum atomic E-state index is 12.7. The van der Waals surface area contributed by atoms with Gasteiger partial charge in [-0.2, -0.15) is 5.10 Å². The summed E-state index contributed by atoms with van der Waals surface area (Å²) in [4.78, 5) is 14.3. The van der Waals surface area contributed by atoms with Gasteiger partial charge in [0, 0.05) is 48.9 Å². The molecule has 0 aliphatic rings. The van der Waals surface area contributed by atoms with E-state index in [1.807, 2.05) is 84.8 Å². The maximum Gasteiger partial charge on any atom is 0.246 e. The molecule has 0 unspecified atom stereocenters. The van der Waals surface area contributed by atoms with Gasteiger partial charge in [-0.05, 0) is 50.6 Å². The number of amides is 1. The van der Waals surface area contributed by atoms with Crippen LogP contribution >= 0.6 is 0 Å². The third kappa shape index (κ3) is 4.35. The largest absolute Gasteiger partial charge is 0.360 e. The summed E-state index contributed by atoms with van der Waals surface area (Å²) < 4.78 is 9.02. The van der Waals surface area contributed by atoms with E-state index in [-0.39, 0.29) is 5.91 Å². The number of rotatable bonds is 6. The average molecular weight is 415 g/mol. The van der Waals surface area contributed by atoms with E-state index >= 15 is 0 Å². The first kappa shape index (κ1) is 20.4. The fourth-order valence-corrected chi connectivity index (χ4v) is 3.57. The molecule has 7 nitrogen and oxygen atoms in total. The third-order valence-corrected chi connectivity index (χ3v) is 5.17. The number of likely N-dealkylation sites (N-methyl/N-ethyl adjacent to an activating group) is 1. The number of benzene rings is 1. The van der Waals surface area contributed by atoms with Gasteiger partial charge in [0.1, 0.15) is 5.76 Å². The highest BCUT2D eigenvalue weighted by molar-refractivity contribution is 5.91. The molecule has 4 aromatic rings. The fraction of sp³-hybridized carbons (Fsp3) is 0.208.